The third kappa shape index (κ3) is 1.46. The van der Waals surface area contributed by atoms with Gasteiger partial charge in [0.1, 0.15) is 6.33 Å². The highest BCUT2D eigenvalue weighted by molar-refractivity contribution is 5.71. The highest BCUT2D eigenvalue weighted by Crippen LogP contribution is 2.14. The van der Waals surface area contributed by atoms with E-state index in [4.69, 9.17) is 5.73 Å². The van der Waals surface area contributed by atoms with Gasteiger partial charge in [-0.25, -0.2) is 9.97 Å². The van der Waals surface area contributed by atoms with Crippen LogP contribution in [0.4, 0.5) is 5.69 Å². The first-order valence-electron chi connectivity index (χ1n) is 5.02. The molecule has 3 rings (SSSR count). The van der Waals surface area contributed by atoms with Crippen molar-refractivity contribution < 1.29 is 0 Å². The van der Waals surface area contributed by atoms with E-state index in [9.17, 15) is 4.79 Å². The van der Waals surface area contributed by atoms with Crippen LogP contribution >= 0.6 is 0 Å². The normalized spacial score (nSPS) is 10.8. The van der Waals surface area contributed by atoms with Crippen molar-refractivity contribution in [2.45, 2.75) is 0 Å². The molecular weight excluding hydrogens is 218 g/mol. The average Bonchev–Trinajstić information content (AvgIpc) is 2.75. The SMILES string of the molecule is Nc1ccc(-n2cnc3c(=O)[nH]cnc32)cc1. The van der Waals surface area contributed by atoms with Gasteiger partial charge in [-0.05, 0) is 24.3 Å². The molecule has 0 fully saturated rings. The average molecular weight is 227 g/mol. The van der Waals surface area contributed by atoms with E-state index in [-0.39, 0.29) is 5.56 Å². The van der Waals surface area contributed by atoms with E-state index in [2.05, 4.69) is 15.0 Å². The molecule has 0 bridgehead atoms. The summed E-state index contributed by atoms with van der Waals surface area (Å²) in [5, 5.41) is 0. The summed E-state index contributed by atoms with van der Waals surface area (Å²) in [6.45, 7) is 0. The third-order valence-corrected chi connectivity index (χ3v) is 2.51. The number of H-pyrrole nitrogens is 1. The molecule has 6 heteroatoms. The molecule has 0 aliphatic rings. The number of nitrogens with two attached hydrogens (primary N) is 1. The van der Waals surface area contributed by atoms with Crippen molar-refractivity contribution in [1.29, 1.82) is 0 Å². The molecule has 0 unspecified atom stereocenters. The van der Waals surface area contributed by atoms with Crippen LogP contribution in [-0.4, -0.2) is 19.5 Å². The molecule has 0 spiro atoms. The molecule has 0 amide bonds. The van der Waals surface area contributed by atoms with E-state index in [0.29, 0.717) is 16.9 Å². The predicted molar refractivity (Wildman–Crippen MR) is 63.9 cm³/mol. The Labute approximate surface area is 95.7 Å². The van der Waals surface area contributed by atoms with Gasteiger partial charge >= 0.3 is 0 Å². The second-order valence-corrected chi connectivity index (χ2v) is 3.61. The number of fused-ring (bicyclic) bond motifs is 1. The molecular formula is C11H9N5O. The molecule has 0 saturated heterocycles. The number of aromatic nitrogens is 4. The first kappa shape index (κ1) is 9.59. The van der Waals surface area contributed by atoms with E-state index < -0.39 is 0 Å². The fourth-order valence-electron chi connectivity index (χ4n) is 1.67. The fourth-order valence-corrected chi connectivity index (χ4v) is 1.67. The van der Waals surface area contributed by atoms with Crippen LogP contribution in [0.2, 0.25) is 0 Å². The van der Waals surface area contributed by atoms with Gasteiger partial charge in [0.2, 0.25) is 0 Å². The van der Waals surface area contributed by atoms with Crippen molar-refractivity contribution in [2.24, 2.45) is 0 Å². The molecule has 0 atom stereocenters. The Morgan fingerprint density at radius 3 is 2.71 bits per heavy atom. The highest BCUT2D eigenvalue weighted by atomic mass is 16.1. The van der Waals surface area contributed by atoms with Gasteiger partial charge in [0.15, 0.2) is 11.2 Å². The zero-order valence-electron chi connectivity index (χ0n) is 8.79. The monoisotopic (exact) mass is 227 g/mol. The van der Waals surface area contributed by atoms with Crippen LogP contribution in [0.5, 0.6) is 0 Å². The van der Waals surface area contributed by atoms with Crippen LogP contribution in [0, 0.1) is 0 Å². The maximum Gasteiger partial charge on any atom is 0.278 e. The number of anilines is 1. The summed E-state index contributed by atoms with van der Waals surface area (Å²) in [7, 11) is 0. The second kappa shape index (κ2) is 3.44. The van der Waals surface area contributed by atoms with Gasteiger partial charge in [-0.2, -0.15) is 0 Å². The molecule has 0 radical (unpaired) electrons. The Bertz CT molecular complexity index is 725. The quantitative estimate of drug-likeness (QED) is 0.598. The van der Waals surface area contributed by atoms with Crippen molar-refractivity contribution >= 4 is 16.9 Å². The zero-order valence-corrected chi connectivity index (χ0v) is 8.79. The molecule has 17 heavy (non-hydrogen) atoms. The van der Waals surface area contributed by atoms with Crippen LogP contribution in [0.15, 0.2) is 41.7 Å². The predicted octanol–water partition coefficient (Wildman–Crippen LogP) is 0.691. The fraction of sp³-hybridized carbons (Fsp3) is 0. The summed E-state index contributed by atoms with van der Waals surface area (Å²) in [5.74, 6) is 0. The van der Waals surface area contributed by atoms with Crippen molar-refractivity contribution in [3.05, 3.63) is 47.3 Å². The van der Waals surface area contributed by atoms with E-state index in [1.54, 1.807) is 23.0 Å². The Balaban J connectivity index is 2.28. The maximum atomic E-state index is 11.5. The number of benzene rings is 1. The number of hydrogen-bond acceptors (Lipinski definition) is 4. The van der Waals surface area contributed by atoms with Crippen molar-refractivity contribution in [3.8, 4) is 5.69 Å². The minimum Gasteiger partial charge on any atom is -0.399 e. The molecule has 0 aliphatic carbocycles. The smallest absolute Gasteiger partial charge is 0.278 e. The zero-order chi connectivity index (χ0) is 11.8. The van der Waals surface area contributed by atoms with Crippen LogP contribution in [-0.2, 0) is 0 Å². The standard InChI is InChI=1S/C11H9N5O/c12-7-1-3-8(4-2-7)16-6-15-9-10(16)13-5-14-11(9)17/h1-6H,12H2,(H,13,14,17). The number of aromatic amines is 1. The Hall–Kier alpha value is -2.63. The summed E-state index contributed by atoms with van der Waals surface area (Å²) in [6, 6.07) is 7.27. The van der Waals surface area contributed by atoms with Crippen molar-refractivity contribution in [1.82, 2.24) is 19.5 Å². The van der Waals surface area contributed by atoms with Crippen molar-refractivity contribution in [2.75, 3.05) is 5.73 Å². The second-order valence-electron chi connectivity index (χ2n) is 3.61. The van der Waals surface area contributed by atoms with Gasteiger partial charge in [0, 0.05) is 11.4 Å². The summed E-state index contributed by atoms with van der Waals surface area (Å²) < 4.78 is 1.74. The highest BCUT2D eigenvalue weighted by Gasteiger charge is 2.07. The lowest BCUT2D eigenvalue weighted by Gasteiger charge is -2.03. The summed E-state index contributed by atoms with van der Waals surface area (Å²) in [5.41, 5.74) is 7.77. The number of imidazole rings is 1. The first-order chi connectivity index (χ1) is 8.25. The molecule has 0 saturated carbocycles. The number of rotatable bonds is 1. The topological polar surface area (TPSA) is 89.6 Å². The molecule has 3 N–H and O–H groups in total. The Morgan fingerprint density at radius 1 is 1.18 bits per heavy atom. The molecule has 2 aromatic heterocycles. The lowest BCUT2D eigenvalue weighted by molar-refractivity contribution is 1.06. The minimum atomic E-state index is -0.246. The largest absolute Gasteiger partial charge is 0.399 e. The molecule has 6 nitrogen and oxygen atoms in total. The molecule has 0 aliphatic heterocycles. The summed E-state index contributed by atoms with van der Waals surface area (Å²) >= 11 is 0. The summed E-state index contributed by atoms with van der Waals surface area (Å²) in [6.07, 6.45) is 2.93. The maximum absolute atomic E-state index is 11.5. The van der Waals surface area contributed by atoms with Gasteiger partial charge in [0.05, 0.1) is 6.33 Å². The van der Waals surface area contributed by atoms with E-state index in [0.717, 1.165) is 5.69 Å². The molecule has 1 aromatic carbocycles. The van der Waals surface area contributed by atoms with E-state index in [1.807, 2.05) is 12.1 Å². The van der Waals surface area contributed by atoms with Crippen LogP contribution in [0.3, 0.4) is 0 Å². The van der Waals surface area contributed by atoms with Gasteiger partial charge in [-0.15, -0.1) is 0 Å². The first-order valence-corrected chi connectivity index (χ1v) is 5.02. The lowest BCUT2D eigenvalue weighted by atomic mass is 10.3. The van der Waals surface area contributed by atoms with Crippen LogP contribution < -0.4 is 11.3 Å². The minimum absolute atomic E-state index is 0.246. The third-order valence-electron chi connectivity index (χ3n) is 2.51. The lowest BCUT2D eigenvalue weighted by Crippen LogP contribution is -2.07. The van der Waals surface area contributed by atoms with E-state index in [1.165, 1.54) is 6.33 Å². The van der Waals surface area contributed by atoms with Crippen molar-refractivity contribution in [3.63, 3.8) is 0 Å². The van der Waals surface area contributed by atoms with Gasteiger partial charge in [0.25, 0.3) is 5.56 Å². The van der Waals surface area contributed by atoms with Crippen LogP contribution in [0.25, 0.3) is 16.9 Å². The number of nitrogens with one attached hydrogen (secondary N) is 1. The van der Waals surface area contributed by atoms with Gasteiger partial charge in [-0.3, -0.25) is 9.36 Å². The molecule has 2 heterocycles. The number of nitrogens with zero attached hydrogens (tertiary/aromatic N) is 3. The summed E-state index contributed by atoms with van der Waals surface area (Å²) in [4.78, 5) is 22.1. The van der Waals surface area contributed by atoms with Gasteiger partial charge in [-0.1, -0.05) is 0 Å². The molecule has 84 valence electrons. The van der Waals surface area contributed by atoms with Gasteiger partial charge < -0.3 is 10.7 Å². The van der Waals surface area contributed by atoms with E-state index >= 15 is 0 Å². The Kier molecular flexibility index (Phi) is 1.94. The molecule has 3 aromatic rings. The van der Waals surface area contributed by atoms with Crippen LogP contribution in [0.1, 0.15) is 0 Å². The Morgan fingerprint density at radius 2 is 1.94 bits per heavy atom. The number of nitrogen functional groups attached to an aromatic ring is 1. The number of hydrogen-bond donors (Lipinski definition) is 2.